The second-order valence-corrected chi connectivity index (χ2v) is 5.15. The first kappa shape index (κ1) is 16.7. The molecule has 20 heavy (non-hydrogen) atoms. The quantitative estimate of drug-likeness (QED) is 0.776. The molecule has 0 fully saturated rings. The van der Waals surface area contributed by atoms with Crippen molar-refractivity contribution < 1.29 is 9.53 Å². The van der Waals surface area contributed by atoms with Crippen molar-refractivity contribution in [2.24, 2.45) is 5.73 Å². The molecule has 0 aliphatic heterocycles. The fourth-order valence-corrected chi connectivity index (χ4v) is 2.35. The zero-order valence-electron chi connectivity index (χ0n) is 12.9. The van der Waals surface area contributed by atoms with Gasteiger partial charge in [-0.05, 0) is 25.5 Å². The van der Waals surface area contributed by atoms with Gasteiger partial charge in [0.25, 0.3) is 0 Å². The van der Waals surface area contributed by atoms with Gasteiger partial charge in [0.1, 0.15) is 0 Å². The molecule has 1 aromatic carbocycles. The molecule has 0 amide bonds. The SMILES string of the molecule is CCC(C)N(CC)CC(N)(C(=O)OC)c1ccccc1. The number of ether oxygens (including phenoxy) is 1. The molecule has 0 bridgehead atoms. The molecular formula is C16H26N2O2. The smallest absolute Gasteiger partial charge is 0.331 e. The molecule has 2 atom stereocenters. The maximum atomic E-state index is 12.2. The Morgan fingerprint density at radius 2 is 1.95 bits per heavy atom. The standard InChI is InChI=1S/C16H26N2O2/c1-5-13(3)18(6-2)12-16(17,15(19)20-4)14-10-8-7-9-11-14/h7-11,13H,5-6,12,17H2,1-4H3. The van der Waals surface area contributed by atoms with Crippen LogP contribution < -0.4 is 5.73 Å². The first-order valence-electron chi connectivity index (χ1n) is 7.16. The molecule has 0 saturated heterocycles. The third kappa shape index (κ3) is 3.58. The molecule has 0 saturated carbocycles. The Kier molecular flexibility index (Phi) is 6.17. The normalized spacial score (nSPS) is 15.7. The van der Waals surface area contributed by atoms with Gasteiger partial charge >= 0.3 is 5.97 Å². The molecule has 0 aliphatic carbocycles. The minimum absolute atomic E-state index is 0.372. The minimum Gasteiger partial charge on any atom is -0.467 e. The fourth-order valence-electron chi connectivity index (χ4n) is 2.35. The van der Waals surface area contributed by atoms with Crippen molar-refractivity contribution in [3.63, 3.8) is 0 Å². The van der Waals surface area contributed by atoms with E-state index in [0.29, 0.717) is 12.6 Å². The average Bonchev–Trinajstić information content (AvgIpc) is 2.51. The van der Waals surface area contributed by atoms with E-state index in [1.165, 1.54) is 7.11 Å². The van der Waals surface area contributed by atoms with E-state index in [-0.39, 0.29) is 0 Å². The summed E-state index contributed by atoms with van der Waals surface area (Å²) < 4.78 is 4.94. The lowest BCUT2D eigenvalue weighted by Gasteiger charge is -2.36. The molecular weight excluding hydrogens is 252 g/mol. The third-order valence-corrected chi connectivity index (χ3v) is 3.91. The van der Waals surface area contributed by atoms with Crippen molar-refractivity contribution in [3.05, 3.63) is 35.9 Å². The van der Waals surface area contributed by atoms with Gasteiger partial charge in [-0.1, -0.05) is 44.2 Å². The summed E-state index contributed by atoms with van der Waals surface area (Å²) in [6.07, 6.45) is 1.01. The Bertz CT molecular complexity index is 422. The van der Waals surface area contributed by atoms with Crippen molar-refractivity contribution in [1.29, 1.82) is 0 Å². The molecule has 4 heteroatoms. The number of carbonyl (C=O) groups is 1. The molecule has 0 heterocycles. The summed E-state index contributed by atoms with van der Waals surface area (Å²) in [5, 5.41) is 0. The molecule has 0 spiro atoms. The predicted molar refractivity (Wildman–Crippen MR) is 81.3 cm³/mol. The van der Waals surface area contributed by atoms with Crippen LogP contribution in [0.3, 0.4) is 0 Å². The van der Waals surface area contributed by atoms with Crippen LogP contribution in [0.4, 0.5) is 0 Å². The molecule has 1 rings (SSSR count). The van der Waals surface area contributed by atoms with Gasteiger partial charge in [-0.25, -0.2) is 4.79 Å². The minimum atomic E-state index is -1.13. The zero-order valence-corrected chi connectivity index (χ0v) is 12.9. The van der Waals surface area contributed by atoms with Gasteiger partial charge in [-0.15, -0.1) is 0 Å². The number of hydrogen-bond donors (Lipinski definition) is 1. The number of esters is 1. The number of methoxy groups -OCH3 is 1. The van der Waals surface area contributed by atoms with Gasteiger partial charge in [0.05, 0.1) is 7.11 Å². The highest BCUT2D eigenvalue weighted by Gasteiger charge is 2.39. The monoisotopic (exact) mass is 278 g/mol. The highest BCUT2D eigenvalue weighted by molar-refractivity contribution is 5.82. The Balaban J connectivity index is 3.10. The first-order valence-corrected chi connectivity index (χ1v) is 7.16. The second kappa shape index (κ2) is 7.41. The van der Waals surface area contributed by atoms with Gasteiger partial charge in [0, 0.05) is 12.6 Å². The van der Waals surface area contributed by atoms with Gasteiger partial charge < -0.3 is 10.5 Å². The topological polar surface area (TPSA) is 55.6 Å². The summed E-state index contributed by atoms with van der Waals surface area (Å²) >= 11 is 0. The van der Waals surface area contributed by atoms with Crippen LogP contribution in [-0.4, -0.2) is 37.1 Å². The maximum Gasteiger partial charge on any atom is 0.331 e. The Morgan fingerprint density at radius 3 is 2.40 bits per heavy atom. The van der Waals surface area contributed by atoms with E-state index < -0.39 is 11.5 Å². The van der Waals surface area contributed by atoms with Gasteiger partial charge in [0.2, 0.25) is 0 Å². The molecule has 0 aromatic heterocycles. The Morgan fingerprint density at radius 1 is 1.35 bits per heavy atom. The van der Waals surface area contributed by atoms with Crippen LogP contribution in [0.1, 0.15) is 32.8 Å². The van der Waals surface area contributed by atoms with E-state index in [9.17, 15) is 4.79 Å². The van der Waals surface area contributed by atoms with Crippen molar-refractivity contribution in [3.8, 4) is 0 Å². The lowest BCUT2D eigenvalue weighted by Crippen LogP contribution is -2.55. The fraction of sp³-hybridized carbons (Fsp3) is 0.562. The Labute approximate surface area is 121 Å². The number of rotatable bonds is 7. The number of benzene rings is 1. The van der Waals surface area contributed by atoms with Crippen LogP contribution in [0, 0.1) is 0 Å². The van der Waals surface area contributed by atoms with Crippen LogP contribution in [0.15, 0.2) is 30.3 Å². The largest absolute Gasteiger partial charge is 0.467 e. The zero-order chi connectivity index (χ0) is 15.2. The highest BCUT2D eigenvalue weighted by Crippen LogP contribution is 2.22. The molecule has 1 aromatic rings. The maximum absolute atomic E-state index is 12.2. The van der Waals surface area contributed by atoms with Crippen LogP contribution in [0.25, 0.3) is 0 Å². The van der Waals surface area contributed by atoms with E-state index in [0.717, 1.165) is 18.5 Å². The van der Waals surface area contributed by atoms with E-state index in [1.807, 2.05) is 30.3 Å². The summed E-state index contributed by atoms with van der Waals surface area (Å²) in [5.74, 6) is -0.398. The van der Waals surface area contributed by atoms with Crippen molar-refractivity contribution in [2.75, 3.05) is 20.2 Å². The summed E-state index contributed by atoms with van der Waals surface area (Å²) in [5.41, 5.74) is 6.08. The average molecular weight is 278 g/mol. The first-order chi connectivity index (χ1) is 9.49. The summed E-state index contributed by atoms with van der Waals surface area (Å²) in [6.45, 7) is 7.65. The summed E-state index contributed by atoms with van der Waals surface area (Å²) in [6, 6.07) is 9.81. The lowest BCUT2D eigenvalue weighted by molar-refractivity contribution is -0.148. The molecule has 2 N–H and O–H groups in total. The van der Waals surface area contributed by atoms with Crippen LogP contribution >= 0.6 is 0 Å². The van der Waals surface area contributed by atoms with Crippen LogP contribution in [-0.2, 0) is 15.1 Å². The van der Waals surface area contributed by atoms with Gasteiger partial charge in [-0.3, -0.25) is 4.90 Å². The number of carbonyl (C=O) groups excluding carboxylic acids is 1. The summed E-state index contributed by atoms with van der Waals surface area (Å²) in [4.78, 5) is 14.4. The highest BCUT2D eigenvalue weighted by atomic mass is 16.5. The number of nitrogens with zero attached hydrogens (tertiary/aromatic N) is 1. The number of likely N-dealkylation sites (N-methyl/N-ethyl adjacent to an activating group) is 1. The van der Waals surface area contributed by atoms with E-state index in [4.69, 9.17) is 10.5 Å². The molecule has 0 radical (unpaired) electrons. The lowest BCUT2D eigenvalue weighted by atomic mass is 9.89. The van der Waals surface area contributed by atoms with Crippen LogP contribution in [0.2, 0.25) is 0 Å². The second-order valence-electron chi connectivity index (χ2n) is 5.15. The van der Waals surface area contributed by atoms with Gasteiger partial charge in [0.15, 0.2) is 5.54 Å². The van der Waals surface area contributed by atoms with E-state index in [1.54, 1.807) is 0 Å². The molecule has 112 valence electrons. The summed E-state index contributed by atoms with van der Waals surface area (Å²) in [7, 11) is 1.38. The van der Waals surface area contributed by atoms with Crippen molar-refractivity contribution in [1.82, 2.24) is 4.90 Å². The number of nitrogens with two attached hydrogens (primary N) is 1. The molecule has 2 unspecified atom stereocenters. The third-order valence-electron chi connectivity index (χ3n) is 3.91. The van der Waals surface area contributed by atoms with Crippen molar-refractivity contribution >= 4 is 5.97 Å². The van der Waals surface area contributed by atoms with Crippen molar-refractivity contribution in [2.45, 2.75) is 38.8 Å². The van der Waals surface area contributed by atoms with Crippen LogP contribution in [0.5, 0.6) is 0 Å². The van der Waals surface area contributed by atoms with E-state index in [2.05, 4.69) is 25.7 Å². The van der Waals surface area contributed by atoms with Gasteiger partial charge in [-0.2, -0.15) is 0 Å². The Hall–Kier alpha value is -1.39. The van der Waals surface area contributed by atoms with E-state index >= 15 is 0 Å². The predicted octanol–water partition coefficient (Wildman–Crippen LogP) is 2.13. The molecule has 4 nitrogen and oxygen atoms in total. The number of hydrogen-bond acceptors (Lipinski definition) is 4. The molecule has 0 aliphatic rings.